The Kier molecular flexibility index (Phi) is 3.98. The SMILES string of the molecule is NCC1CCN2c3c(F)cc4c(=O)c(C(=O)O)cn(C5CC5)c4c3CC[C@@H]2C1. The van der Waals surface area contributed by atoms with Gasteiger partial charge in [0.2, 0.25) is 5.43 Å². The molecule has 7 heteroatoms. The van der Waals surface area contributed by atoms with E-state index in [1.165, 1.54) is 12.3 Å². The van der Waals surface area contributed by atoms with Crippen LogP contribution in [0.15, 0.2) is 17.1 Å². The van der Waals surface area contributed by atoms with Gasteiger partial charge in [-0.05, 0) is 57.1 Å². The van der Waals surface area contributed by atoms with Gasteiger partial charge in [-0.3, -0.25) is 4.79 Å². The molecule has 2 fully saturated rings. The maximum atomic E-state index is 15.3. The van der Waals surface area contributed by atoms with Crippen LogP contribution in [0, 0.1) is 11.7 Å². The van der Waals surface area contributed by atoms with E-state index in [1.807, 2.05) is 4.57 Å². The molecule has 1 saturated carbocycles. The summed E-state index contributed by atoms with van der Waals surface area (Å²) in [5, 5.41) is 9.63. The van der Waals surface area contributed by atoms with Gasteiger partial charge in [0.05, 0.1) is 11.2 Å². The lowest BCUT2D eigenvalue weighted by Gasteiger charge is -2.45. The van der Waals surface area contributed by atoms with Crippen LogP contribution in [-0.4, -0.2) is 34.8 Å². The lowest BCUT2D eigenvalue weighted by molar-refractivity contribution is 0.0695. The Balaban J connectivity index is 1.75. The minimum absolute atomic E-state index is 0.191. The maximum absolute atomic E-state index is 15.3. The minimum atomic E-state index is -1.26. The highest BCUT2D eigenvalue weighted by Crippen LogP contribution is 2.44. The van der Waals surface area contributed by atoms with Crippen molar-refractivity contribution in [2.75, 3.05) is 18.0 Å². The lowest BCUT2D eigenvalue weighted by Crippen LogP contribution is -2.47. The molecular formula is C21H24FN3O3. The van der Waals surface area contributed by atoms with Crippen molar-refractivity contribution in [3.63, 3.8) is 0 Å². The summed E-state index contributed by atoms with van der Waals surface area (Å²) >= 11 is 0. The second kappa shape index (κ2) is 6.30. The molecule has 148 valence electrons. The zero-order valence-electron chi connectivity index (χ0n) is 15.7. The van der Waals surface area contributed by atoms with Crippen LogP contribution in [0.5, 0.6) is 0 Å². The van der Waals surface area contributed by atoms with Crippen molar-refractivity contribution in [1.82, 2.24) is 4.57 Å². The number of rotatable bonds is 3. The number of hydrogen-bond donors (Lipinski definition) is 2. The predicted molar refractivity (Wildman–Crippen MR) is 105 cm³/mol. The van der Waals surface area contributed by atoms with Gasteiger partial charge in [0.25, 0.3) is 0 Å². The summed E-state index contributed by atoms with van der Waals surface area (Å²) in [6.07, 6.45) is 6.89. The van der Waals surface area contributed by atoms with E-state index in [0.717, 1.165) is 49.7 Å². The second-order valence-electron chi connectivity index (χ2n) is 8.41. The van der Waals surface area contributed by atoms with Gasteiger partial charge < -0.3 is 20.3 Å². The Labute approximate surface area is 161 Å². The summed E-state index contributed by atoms with van der Waals surface area (Å²) in [4.78, 5) is 26.5. The molecule has 3 aliphatic rings. The van der Waals surface area contributed by atoms with Crippen molar-refractivity contribution >= 4 is 22.6 Å². The molecule has 5 rings (SSSR count). The van der Waals surface area contributed by atoms with Gasteiger partial charge in [-0.25, -0.2) is 9.18 Å². The fraction of sp³-hybridized carbons (Fsp3) is 0.524. The number of carboxylic acids is 1. The summed E-state index contributed by atoms with van der Waals surface area (Å²) in [7, 11) is 0. The summed E-state index contributed by atoms with van der Waals surface area (Å²) in [6.45, 7) is 1.43. The number of nitrogens with two attached hydrogens (primary N) is 1. The number of carboxylic acid groups (broad SMARTS) is 1. The van der Waals surface area contributed by atoms with Crippen molar-refractivity contribution in [2.24, 2.45) is 11.7 Å². The van der Waals surface area contributed by atoms with Gasteiger partial charge in [0.1, 0.15) is 11.4 Å². The van der Waals surface area contributed by atoms with Crippen molar-refractivity contribution in [2.45, 2.75) is 50.6 Å². The smallest absolute Gasteiger partial charge is 0.341 e. The number of aryl methyl sites for hydroxylation is 1. The van der Waals surface area contributed by atoms with Crippen molar-refractivity contribution in [3.05, 3.63) is 39.4 Å². The zero-order valence-corrected chi connectivity index (χ0v) is 15.7. The molecule has 3 N–H and O–H groups in total. The van der Waals surface area contributed by atoms with Crippen LogP contribution in [0.2, 0.25) is 0 Å². The number of benzene rings is 1. The fourth-order valence-electron chi connectivity index (χ4n) is 5.13. The maximum Gasteiger partial charge on any atom is 0.341 e. The standard InChI is InChI=1S/C21H24FN3O3/c22-17-8-15-18(25(12-1-2-12)10-16(20(15)26)21(27)28)14-4-3-13-7-11(9-23)5-6-24(13)19(14)17/h8,10-13H,1-7,9,23H2,(H,27,28)/t11?,13-/m1/s1. The highest BCUT2D eigenvalue weighted by atomic mass is 19.1. The van der Waals surface area contributed by atoms with E-state index in [9.17, 15) is 14.7 Å². The molecule has 1 saturated heterocycles. The number of piperidine rings is 1. The monoisotopic (exact) mass is 385 g/mol. The second-order valence-corrected chi connectivity index (χ2v) is 8.41. The normalized spacial score (nSPS) is 24.1. The van der Waals surface area contributed by atoms with Crippen LogP contribution in [-0.2, 0) is 6.42 Å². The van der Waals surface area contributed by atoms with Gasteiger partial charge in [-0.15, -0.1) is 0 Å². The van der Waals surface area contributed by atoms with Gasteiger partial charge in [0.15, 0.2) is 0 Å². The molecule has 1 aromatic carbocycles. The Hall–Kier alpha value is -2.41. The molecule has 0 radical (unpaired) electrons. The number of anilines is 1. The minimum Gasteiger partial charge on any atom is -0.477 e. The number of aromatic nitrogens is 1. The molecule has 2 aromatic rings. The number of pyridine rings is 1. The van der Waals surface area contributed by atoms with E-state index in [0.29, 0.717) is 24.6 Å². The number of fused-ring (bicyclic) bond motifs is 5. The Bertz CT molecular complexity index is 1040. The predicted octanol–water partition coefficient (Wildman–Crippen LogP) is 2.66. The Morgan fingerprint density at radius 3 is 2.71 bits per heavy atom. The van der Waals surface area contributed by atoms with Gasteiger partial charge >= 0.3 is 5.97 Å². The molecule has 1 aliphatic carbocycles. The number of carbonyl (C=O) groups is 1. The van der Waals surface area contributed by atoms with E-state index in [2.05, 4.69) is 4.90 Å². The molecule has 2 atom stereocenters. The van der Waals surface area contributed by atoms with Crippen molar-refractivity contribution < 1.29 is 14.3 Å². The van der Waals surface area contributed by atoms with Crippen LogP contribution < -0.4 is 16.1 Å². The lowest BCUT2D eigenvalue weighted by atomic mass is 9.83. The molecular weight excluding hydrogens is 361 g/mol. The van der Waals surface area contributed by atoms with E-state index in [4.69, 9.17) is 5.73 Å². The van der Waals surface area contributed by atoms with Crippen LogP contribution in [0.1, 0.15) is 54.1 Å². The quantitative estimate of drug-likeness (QED) is 0.848. The fourth-order valence-corrected chi connectivity index (χ4v) is 5.13. The van der Waals surface area contributed by atoms with E-state index in [-0.39, 0.29) is 23.0 Å². The van der Waals surface area contributed by atoms with E-state index in [1.54, 1.807) is 0 Å². The zero-order chi connectivity index (χ0) is 19.6. The van der Waals surface area contributed by atoms with Gasteiger partial charge in [0, 0.05) is 35.8 Å². The third kappa shape index (κ3) is 2.56. The first kappa shape index (κ1) is 17.7. The molecule has 1 unspecified atom stereocenters. The van der Waals surface area contributed by atoms with Gasteiger partial charge in [-0.2, -0.15) is 0 Å². The summed E-state index contributed by atoms with van der Waals surface area (Å²) in [6, 6.07) is 1.73. The first-order chi connectivity index (χ1) is 13.5. The highest BCUT2D eigenvalue weighted by Gasteiger charge is 2.37. The van der Waals surface area contributed by atoms with Crippen LogP contribution >= 0.6 is 0 Å². The average Bonchev–Trinajstić information content (AvgIpc) is 3.52. The molecule has 0 bridgehead atoms. The molecule has 3 heterocycles. The summed E-state index contributed by atoms with van der Waals surface area (Å²) < 4.78 is 17.2. The van der Waals surface area contributed by atoms with E-state index >= 15 is 4.39 Å². The number of nitrogens with zero attached hydrogens (tertiary/aromatic N) is 2. The van der Waals surface area contributed by atoms with E-state index < -0.39 is 17.2 Å². The van der Waals surface area contributed by atoms with Gasteiger partial charge in [-0.1, -0.05) is 0 Å². The highest BCUT2D eigenvalue weighted by molar-refractivity contribution is 5.95. The van der Waals surface area contributed by atoms with Crippen molar-refractivity contribution in [1.29, 1.82) is 0 Å². The summed E-state index contributed by atoms with van der Waals surface area (Å²) in [5.41, 5.74) is 7.18. The van der Waals surface area contributed by atoms with Crippen LogP contribution in [0.25, 0.3) is 10.9 Å². The van der Waals surface area contributed by atoms with Crippen LogP contribution in [0.4, 0.5) is 10.1 Å². The van der Waals surface area contributed by atoms with Crippen LogP contribution in [0.3, 0.4) is 0 Å². The molecule has 28 heavy (non-hydrogen) atoms. The molecule has 0 amide bonds. The first-order valence-corrected chi connectivity index (χ1v) is 10.1. The largest absolute Gasteiger partial charge is 0.477 e. The average molecular weight is 385 g/mol. The summed E-state index contributed by atoms with van der Waals surface area (Å²) in [5.74, 6) is -1.20. The molecule has 0 spiro atoms. The third-order valence-corrected chi connectivity index (χ3v) is 6.68. The first-order valence-electron chi connectivity index (χ1n) is 10.1. The molecule has 1 aromatic heterocycles. The number of halogens is 1. The molecule has 6 nitrogen and oxygen atoms in total. The van der Waals surface area contributed by atoms with Crippen molar-refractivity contribution in [3.8, 4) is 0 Å². The number of hydrogen-bond acceptors (Lipinski definition) is 4. The number of aromatic carboxylic acids is 1. The molecule has 2 aliphatic heterocycles. The third-order valence-electron chi connectivity index (χ3n) is 6.68. The topological polar surface area (TPSA) is 88.6 Å². The Morgan fingerprint density at radius 1 is 1.25 bits per heavy atom. The Morgan fingerprint density at radius 2 is 2.04 bits per heavy atom.